The second-order valence-corrected chi connectivity index (χ2v) is 7.64. The molecule has 0 radical (unpaired) electrons. The minimum absolute atomic E-state index is 0.0324. The Morgan fingerprint density at radius 2 is 1.60 bits per heavy atom. The Bertz CT molecular complexity index is 709. The third-order valence-corrected chi connectivity index (χ3v) is 3.76. The van der Waals surface area contributed by atoms with Gasteiger partial charge in [-0.3, -0.25) is 4.79 Å². The molecular weight excluding hydrogens is 246 g/mol. The summed E-state index contributed by atoms with van der Waals surface area (Å²) in [6, 6.07) is 6.08. The van der Waals surface area contributed by atoms with Gasteiger partial charge in [0.1, 0.15) is 0 Å². The summed E-state index contributed by atoms with van der Waals surface area (Å²) < 4.78 is 1.84. The van der Waals surface area contributed by atoms with Crippen LogP contribution in [-0.2, 0) is 11.0 Å². The van der Waals surface area contributed by atoms with E-state index in [1.807, 2.05) is 22.9 Å². The molecule has 108 valence electrons. The van der Waals surface area contributed by atoms with Crippen molar-refractivity contribution < 1.29 is 0 Å². The summed E-state index contributed by atoms with van der Waals surface area (Å²) in [5.74, 6) is 0. The highest BCUT2D eigenvalue weighted by molar-refractivity contribution is 5.88. The maximum absolute atomic E-state index is 12.8. The van der Waals surface area contributed by atoms with E-state index in [2.05, 4.69) is 54.5 Å². The monoisotopic (exact) mass is 271 g/mol. The van der Waals surface area contributed by atoms with E-state index < -0.39 is 0 Å². The average molecular weight is 271 g/mol. The van der Waals surface area contributed by atoms with Crippen LogP contribution in [0.1, 0.15) is 52.7 Å². The molecule has 0 saturated carbocycles. The third kappa shape index (κ3) is 2.39. The molecule has 2 rings (SSSR count). The van der Waals surface area contributed by atoms with Crippen LogP contribution in [0.2, 0.25) is 0 Å². The second kappa shape index (κ2) is 4.47. The van der Waals surface area contributed by atoms with Crippen LogP contribution in [0.4, 0.5) is 0 Å². The first kappa shape index (κ1) is 14.8. The predicted molar refractivity (Wildman–Crippen MR) is 86.6 cm³/mol. The summed E-state index contributed by atoms with van der Waals surface area (Å²) >= 11 is 0. The van der Waals surface area contributed by atoms with Gasteiger partial charge in [-0.1, -0.05) is 32.9 Å². The van der Waals surface area contributed by atoms with E-state index in [1.165, 1.54) is 11.1 Å². The number of benzene rings is 1. The van der Waals surface area contributed by atoms with Crippen molar-refractivity contribution in [2.75, 3.05) is 0 Å². The smallest absolute Gasteiger partial charge is 0.258 e. The number of aryl methyl sites for hydroxylation is 1. The van der Waals surface area contributed by atoms with E-state index in [1.54, 1.807) is 0 Å². The summed E-state index contributed by atoms with van der Waals surface area (Å²) in [7, 11) is 0. The zero-order valence-electron chi connectivity index (χ0n) is 13.7. The van der Waals surface area contributed by atoms with Gasteiger partial charge in [-0.05, 0) is 55.7 Å². The molecule has 1 heterocycles. The molecule has 0 unspecified atom stereocenters. The van der Waals surface area contributed by atoms with Gasteiger partial charge < -0.3 is 4.57 Å². The molecule has 2 nitrogen and oxygen atoms in total. The van der Waals surface area contributed by atoms with E-state index in [0.29, 0.717) is 0 Å². The van der Waals surface area contributed by atoms with Crippen LogP contribution in [0, 0.1) is 6.92 Å². The number of rotatable bonds is 0. The van der Waals surface area contributed by atoms with Gasteiger partial charge in [-0.2, -0.15) is 0 Å². The topological polar surface area (TPSA) is 22.0 Å². The van der Waals surface area contributed by atoms with Gasteiger partial charge >= 0.3 is 0 Å². The van der Waals surface area contributed by atoms with Crippen molar-refractivity contribution in [2.24, 2.45) is 0 Å². The molecule has 20 heavy (non-hydrogen) atoms. The molecule has 0 N–H and O–H groups in total. The standard InChI is InChI=1S/C18H25NO/c1-12-11-19(18(5,6)7)16(20)13-9-8-10-14(15(12)13)17(2,3)4/h8-11H,1-7H3. The number of aromatic nitrogens is 1. The lowest BCUT2D eigenvalue weighted by Gasteiger charge is -2.26. The predicted octanol–water partition coefficient (Wildman–Crippen LogP) is 4.36. The maximum atomic E-state index is 12.8. The maximum Gasteiger partial charge on any atom is 0.258 e. The Labute approximate surface area is 121 Å². The molecule has 2 heteroatoms. The van der Waals surface area contributed by atoms with Crippen LogP contribution in [-0.4, -0.2) is 4.57 Å². The summed E-state index contributed by atoms with van der Waals surface area (Å²) in [4.78, 5) is 12.8. The highest BCUT2D eigenvalue weighted by Crippen LogP contribution is 2.31. The molecule has 0 spiro atoms. The highest BCUT2D eigenvalue weighted by Gasteiger charge is 2.22. The van der Waals surface area contributed by atoms with E-state index in [9.17, 15) is 4.79 Å². The number of nitrogens with zero attached hydrogens (tertiary/aromatic N) is 1. The zero-order valence-corrected chi connectivity index (χ0v) is 13.7. The van der Waals surface area contributed by atoms with Crippen molar-refractivity contribution in [3.8, 4) is 0 Å². The lowest BCUT2D eigenvalue weighted by atomic mass is 9.83. The quantitative estimate of drug-likeness (QED) is 0.697. The molecule has 1 aromatic heterocycles. The van der Waals surface area contributed by atoms with Gasteiger partial charge in [0.2, 0.25) is 0 Å². The average Bonchev–Trinajstić information content (AvgIpc) is 2.30. The zero-order chi connectivity index (χ0) is 15.3. The van der Waals surface area contributed by atoms with E-state index in [-0.39, 0.29) is 16.5 Å². The highest BCUT2D eigenvalue weighted by atomic mass is 16.1. The number of hydrogen-bond acceptors (Lipinski definition) is 1. The Morgan fingerprint density at radius 1 is 1.00 bits per heavy atom. The van der Waals surface area contributed by atoms with Crippen molar-refractivity contribution in [3.63, 3.8) is 0 Å². The molecule has 0 atom stereocenters. The van der Waals surface area contributed by atoms with Crippen molar-refractivity contribution in [1.29, 1.82) is 0 Å². The Hall–Kier alpha value is -1.57. The van der Waals surface area contributed by atoms with E-state index in [0.717, 1.165) is 10.8 Å². The summed E-state index contributed by atoms with van der Waals surface area (Å²) in [6.45, 7) is 14.9. The summed E-state index contributed by atoms with van der Waals surface area (Å²) in [5.41, 5.74) is 2.34. The Balaban J connectivity index is 2.96. The van der Waals surface area contributed by atoms with E-state index in [4.69, 9.17) is 0 Å². The largest absolute Gasteiger partial charge is 0.309 e. The molecule has 0 fully saturated rings. The molecule has 1 aromatic carbocycles. The SMILES string of the molecule is Cc1cn(C(C)(C)C)c(=O)c2cccc(C(C)(C)C)c12. The van der Waals surface area contributed by atoms with Crippen molar-refractivity contribution >= 4 is 10.8 Å². The third-order valence-electron chi connectivity index (χ3n) is 3.76. The number of pyridine rings is 1. The fourth-order valence-corrected chi connectivity index (χ4v) is 2.73. The fourth-order valence-electron chi connectivity index (χ4n) is 2.73. The lowest BCUT2D eigenvalue weighted by molar-refractivity contribution is 0.385. The van der Waals surface area contributed by atoms with Crippen LogP contribution in [0.15, 0.2) is 29.2 Å². The van der Waals surface area contributed by atoms with Crippen molar-refractivity contribution in [1.82, 2.24) is 4.57 Å². The lowest BCUT2D eigenvalue weighted by Crippen LogP contribution is -2.34. The molecule has 0 saturated heterocycles. The van der Waals surface area contributed by atoms with Gasteiger partial charge in [0, 0.05) is 17.1 Å². The molecule has 0 aliphatic rings. The van der Waals surface area contributed by atoms with Gasteiger partial charge in [0.15, 0.2) is 0 Å². The van der Waals surface area contributed by atoms with Gasteiger partial charge in [0.25, 0.3) is 5.56 Å². The molecule has 0 aliphatic carbocycles. The van der Waals surface area contributed by atoms with Gasteiger partial charge in [0.05, 0.1) is 0 Å². The Morgan fingerprint density at radius 3 is 2.10 bits per heavy atom. The molecular formula is C18H25NO. The molecule has 0 aliphatic heterocycles. The van der Waals surface area contributed by atoms with Crippen LogP contribution in [0.3, 0.4) is 0 Å². The minimum Gasteiger partial charge on any atom is -0.309 e. The molecule has 2 aromatic rings. The Kier molecular flexibility index (Phi) is 3.32. The van der Waals surface area contributed by atoms with E-state index >= 15 is 0 Å². The molecule has 0 bridgehead atoms. The fraction of sp³-hybridized carbons (Fsp3) is 0.500. The summed E-state index contributed by atoms with van der Waals surface area (Å²) in [5, 5.41) is 1.94. The van der Waals surface area contributed by atoms with Gasteiger partial charge in [-0.15, -0.1) is 0 Å². The first-order chi connectivity index (χ1) is 9.03. The van der Waals surface area contributed by atoms with Crippen molar-refractivity contribution in [3.05, 3.63) is 45.9 Å². The second-order valence-electron chi connectivity index (χ2n) is 7.64. The van der Waals surface area contributed by atoms with Crippen molar-refractivity contribution in [2.45, 2.75) is 59.4 Å². The van der Waals surface area contributed by atoms with Crippen LogP contribution < -0.4 is 5.56 Å². The number of fused-ring (bicyclic) bond motifs is 1. The van der Waals surface area contributed by atoms with Crippen LogP contribution in [0.5, 0.6) is 0 Å². The summed E-state index contributed by atoms with van der Waals surface area (Å²) in [6.07, 6.45) is 2.00. The normalized spacial score (nSPS) is 12.9. The van der Waals surface area contributed by atoms with Gasteiger partial charge in [-0.25, -0.2) is 0 Å². The van der Waals surface area contributed by atoms with Crippen LogP contribution in [0.25, 0.3) is 10.8 Å². The number of hydrogen-bond donors (Lipinski definition) is 0. The first-order valence-electron chi connectivity index (χ1n) is 7.19. The molecule has 0 amide bonds. The minimum atomic E-state index is -0.201. The van der Waals surface area contributed by atoms with Crippen LogP contribution >= 0.6 is 0 Å². The first-order valence-corrected chi connectivity index (χ1v) is 7.19.